The number of hydrogen-bond acceptors (Lipinski definition) is 5. The number of pyridine rings is 1. The predicted molar refractivity (Wildman–Crippen MR) is 107 cm³/mol. The molecular weight excluding hydrogens is 437 g/mol. The summed E-state index contributed by atoms with van der Waals surface area (Å²) in [4.78, 5) is 28.9. The van der Waals surface area contributed by atoms with Gasteiger partial charge in [0, 0.05) is 22.8 Å². The first-order valence-electron chi connectivity index (χ1n) is 8.96. The summed E-state index contributed by atoms with van der Waals surface area (Å²) in [6.45, 7) is 1.18. The Labute approximate surface area is 179 Å². The second-order valence-electron chi connectivity index (χ2n) is 6.63. The summed E-state index contributed by atoms with van der Waals surface area (Å²) < 4.78 is 39.4. The Kier molecular flexibility index (Phi) is 6.42. The van der Waals surface area contributed by atoms with Crippen molar-refractivity contribution in [2.45, 2.75) is 19.1 Å². The molecule has 3 rings (SSSR count). The highest BCUT2D eigenvalue weighted by molar-refractivity contribution is 6.30. The zero-order chi connectivity index (χ0) is 22.8. The smallest absolute Gasteiger partial charge is 0.394 e. The SMILES string of the molecule is C[C@@H](CO)NC(=O)c1cc(-c2ccc(C(F)(F)F)nc2)nn(-c2cccc(Cl)c2)c1=O. The molecule has 2 N–H and O–H groups in total. The number of halogens is 4. The molecule has 0 saturated carbocycles. The Morgan fingerprint density at radius 3 is 2.58 bits per heavy atom. The fraction of sp³-hybridized carbons (Fsp3) is 0.200. The maximum absolute atomic E-state index is 12.9. The molecule has 2 aromatic heterocycles. The summed E-state index contributed by atoms with van der Waals surface area (Å²) in [5.74, 6) is -0.772. The van der Waals surface area contributed by atoms with Crippen LogP contribution in [0.15, 0.2) is 53.5 Å². The van der Waals surface area contributed by atoms with Crippen LogP contribution < -0.4 is 10.9 Å². The molecule has 0 aliphatic heterocycles. The molecule has 2 heterocycles. The van der Waals surface area contributed by atoms with E-state index in [1.54, 1.807) is 12.1 Å². The Balaban J connectivity index is 2.17. The summed E-state index contributed by atoms with van der Waals surface area (Å²) in [6.07, 6.45) is -3.66. The largest absolute Gasteiger partial charge is 0.433 e. The Morgan fingerprint density at radius 1 is 1.26 bits per heavy atom. The van der Waals surface area contributed by atoms with Crippen molar-refractivity contribution < 1.29 is 23.1 Å². The molecule has 1 amide bonds. The van der Waals surface area contributed by atoms with Crippen molar-refractivity contribution in [3.05, 3.63) is 75.3 Å². The quantitative estimate of drug-likeness (QED) is 0.620. The van der Waals surface area contributed by atoms with Crippen LogP contribution in [0.1, 0.15) is 23.0 Å². The monoisotopic (exact) mass is 452 g/mol. The zero-order valence-electron chi connectivity index (χ0n) is 16.0. The number of aliphatic hydroxyl groups is 1. The van der Waals surface area contributed by atoms with Crippen LogP contribution in [0, 0.1) is 0 Å². The Bertz CT molecular complexity index is 1160. The Morgan fingerprint density at radius 2 is 2.00 bits per heavy atom. The normalized spacial score (nSPS) is 12.5. The second kappa shape index (κ2) is 8.86. The van der Waals surface area contributed by atoms with Crippen molar-refractivity contribution in [2.75, 3.05) is 6.61 Å². The molecule has 0 bridgehead atoms. The van der Waals surface area contributed by atoms with Gasteiger partial charge >= 0.3 is 6.18 Å². The van der Waals surface area contributed by atoms with Crippen LogP contribution in [0.3, 0.4) is 0 Å². The molecule has 0 aliphatic carbocycles. The van der Waals surface area contributed by atoms with Crippen molar-refractivity contribution in [3.8, 4) is 16.9 Å². The van der Waals surface area contributed by atoms with Crippen LogP contribution in [0.5, 0.6) is 0 Å². The van der Waals surface area contributed by atoms with Gasteiger partial charge < -0.3 is 10.4 Å². The molecule has 1 aromatic carbocycles. The summed E-state index contributed by atoms with van der Waals surface area (Å²) in [6, 6.07) is 8.59. The van der Waals surface area contributed by atoms with Gasteiger partial charge in [0.1, 0.15) is 11.3 Å². The van der Waals surface area contributed by atoms with Gasteiger partial charge in [0.15, 0.2) is 0 Å². The second-order valence-corrected chi connectivity index (χ2v) is 7.06. The van der Waals surface area contributed by atoms with Gasteiger partial charge in [0.25, 0.3) is 11.5 Å². The number of carbonyl (C=O) groups is 1. The maximum atomic E-state index is 12.9. The highest BCUT2D eigenvalue weighted by Gasteiger charge is 2.32. The first kappa shape index (κ1) is 22.4. The van der Waals surface area contributed by atoms with E-state index in [0.717, 1.165) is 29.1 Å². The topological polar surface area (TPSA) is 97.1 Å². The lowest BCUT2D eigenvalue weighted by atomic mass is 10.1. The lowest BCUT2D eigenvalue weighted by molar-refractivity contribution is -0.141. The van der Waals surface area contributed by atoms with E-state index in [2.05, 4.69) is 15.4 Å². The standard InChI is InChI=1S/C20H16ClF3N4O3/c1-11(10-29)26-18(30)15-8-16(12-5-6-17(25-9-12)20(22,23)24)27-28(19(15)31)14-4-2-3-13(21)7-14/h2-9,11,29H,10H2,1H3,(H,26,30)/t11-/m0/s1. The summed E-state index contributed by atoms with van der Waals surface area (Å²) in [5, 5.41) is 16.1. The van der Waals surface area contributed by atoms with Gasteiger partial charge in [-0.2, -0.15) is 23.0 Å². The molecule has 3 aromatic rings. The van der Waals surface area contributed by atoms with Crippen LogP contribution in [0.4, 0.5) is 13.2 Å². The Hall–Kier alpha value is -3.24. The molecule has 0 radical (unpaired) electrons. The molecular formula is C20H16ClF3N4O3. The average Bonchev–Trinajstić information content (AvgIpc) is 2.73. The van der Waals surface area contributed by atoms with Gasteiger partial charge in [0.05, 0.1) is 18.0 Å². The third kappa shape index (κ3) is 5.09. The van der Waals surface area contributed by atoms with Crippen LogP contribution in [0.25, 0.3) is 16.9 Å². The molecule has 31 heavy (non-hydrogen) atoms. The van der Waals surface area contributed by atoms with E-state index >= 15 is 0 Å². The predicted octanol–water partition coefficient (Wildman–Crippen LogP) is 3.08. The minimum Gasteiger partial charge on any atom is -0.394 e. The fourth-order valence-electron chi connectivity index (χ4n) is 2.64. The van der Waals surface area contributed by atoms with Gasteiger partial charge in [-0.05, 0) is 43.3 Å². The molecule has 0 unspecified atom stereocenters. The number of rotatable bonds is 5. The third-order valence-corrected chi connectivity index (χ3v) is 4.45. The van der Waals surface area contributed by atoms with E-state index in [-0.39, 0.29) is 29.1 Å². The zero-order valence-corrected chi connectivity index (χ0v) is 16.8. The minimum absolute atomic E-state index is 0.0441. The van der Waals surface area contributed by atoms with Gasteiger partial charge in [-0.25, -0.2) is 0 Å². The van der Waals surface area contributed by atoms with Crippen molar-refractivity contribution in [3.63, 3.8) is 0 Å². The fourth-order valence-corrected chi connectivity index (χ4v) is 2.83. The molecule has 0 aliphatic rings. The van der Waals surface area contributed by atoms with E-state index < -0.39 is 29.4 Å². The van der Waals surface area contributed by atoms with Gasteiger partial charge in [-0.3, -0.25) is 14.6 Å². The molecule has 0 spiro atoms. The van der Waals surface area contributed by atoms with Crippen molar-refractivity contribution in [1.29, 1.82) is 0 Å². The molecule has 11 heteroatoms. The van der Waals surface area contributed by atoms with Gasteiger partial charge in [-0.1, -0.05) is 17.7 Å². The van der Waals surface area contributed by atoms with Gasteiger partial charge in [0.2, 0.25) is 0 Å². The van der Waals surface area contributed by atoms with Crippen LogP contribution >= 0.6 is 11.6 Å². The number of alkyl halides is 3. The van der Waals surface area contributed by atoms with Crippen molar-refractivity contribution in [1.82, 2.24) is 20.1 Å². The average molecular weight is 453 g/mol. The first-order chi connectivity index (χ1) is 14.6. The van der Waals surface area contributed by atoms with Gasteiger partial charge in [-0.15, -0.1) is 0 Å². The summed E-state index contributed by atoms with van der Waals surface area (Å²) in [7, 11) is 0. The number of nitrogens with zero attached hydrogens (tertiary/aromatic N) is 3. The number of aromatic nitrogens is 3. The van der Waals surface area contributed by atoms with Crippen LogP contribution in [0.2, 0.25) is 5.02 Å². The number of aliphatic hydroxyl groups excluding tert-OH is 1. The minimum atomic E-state index is -4.61. The lowest BCUT2D eigenvalue weighted by Crippen LogP contribution is -2.39. The summed E-state index contributed by atoms with van der Waals surface area (Å²) >= 11 is 5.99. The maximum Gasteiger partial charge on any atom is 0.433 e. The van der Waals surface area contributed by atoms with E-state index in [9.17, 15) is 22.8 Å². The van der Waals surface area contributed by atoms with E-state index in [0.29, 0.717) is 5.02 Å². The lowest BCUT2D eigenvalue weighted by Gasteiger charge is -2.14. The van der Waals surface area contributed by atoms with E-state index in [1.807, 2.05) is 0 Å². The first-order valence-corrected chi connectivity index (χ1v) is 9.33. The number of carbonyl (C=O) groups excluding carboxylic acids is 1. The number of nitrogens with one attached hydrogen (secondary N) is 1. The number of benzene rings is 1. The molecule has 162 valence electrons. The van der Waals surface area contributed by atoms with Crippen molar-refractivity contribution >= 4 is 17.5 Å². The van der Waals surface area contributed by atoms with E-state index in [4.69, 9.17) is 16.7 Å². The highest BCUT2D eigenvalue weighted by atomic mass is 35.5. The number of hydrogen-bond donors (Lipinski definition) is 2. The van der Waals surface area contributed by atoms with Crippen molar-refractivity contribution in [2.24, 2.45) is 0 Å². The molecule has 1 atom stereocenters. The summed E-state index contributed by atoms with van der Waals surface area (Å²) in [5.41, 5.74) is -1.72. The van der Waals surface area contributed by atoms with E-state index in [1.165, 1.54) is 19.1 Å². The van der Waals surface area contributed by atoms with Crippen LogP contribution in [-0.4, -0.2) is 38.4 Å². The third-order valence-electron chi connectivity index (χ3n) is 4.21. The number of amides is 1. The molecule has 0 saturated heterocycles. The molecule has 0 fully saturated rings. The van der Waals surface area contributed by atoms with Crippen LogP contribution in [-0.2, 0) is 6.18 Å². The highest BCUT2D eigenvalue weighted by Crippen LogP contribution is 2.28. The molecule has 7 nitrogen and oxygen atoms in total.